The van der Waals surface area contributed by atoms with Gasteiger partial charge in [0.1, 0.15) is 5.75 Å². The van der Waals surface area contributed by atoms with E-state index in [2.05, 4.69) is 4.98 Å². The highest BCUT2D eigenvalue weighted by Gasteiger charge is 2.32. The molecule has 1 heterocycles. The lowest BCUT2D eigenvalue weighted by Crippen LogP contribution is -1.99. The number of hydrogen-bond donors (Lipinski definition) is 3. The normalized spacial score (nSPS) is 13.9. The first kappa shape index (κ1) is 12.1. The van der Waals surface area contributed by atoms with Gasteiger partial charge in [0.25, 0.3) is 0 Å². The van der Waals surface area contributed by atoms with Gasteiger partial charge in [0.2, 0.25) is 5.91 Å². The number of hydrogen-bond acceptors (Lipinski definition) is 3. The largest absolute Gasteiger partial charge is 0.506 e. The first-order valence-electron chi connectivity index (χ1n) is 4.09. The molecule has 5 nitrogen and oxygen atoms in total. The van der Waals surface area contributed by atoms with Crippen LogP contribution in [0.15, 0.2) is 6.20 Å². The molecule has 0 aliphatic rings. The van der Waals surface area contributed by atoms with Crippen molar-refractivity contribution in [2.24, 2.45) is 0 Å². The Kier molecular flexibility index (Phi) is 3.13. The van der Waals surface area contributed by atoms with Gasteiger partial charge in [-0.05, 0) is 13.8 Å². The molecule has 1 unspecified atom stereocenters. The van der Waals surface area contributed by atoms with Gasteiger partial charge in [0.15, 0.2) is 0 Å². The zero-order chi connectivity index (χ0) is 11.8. The van der Waals surface area contributed by atoms with E-state index in [1.807, 2.05) is 0 Å². The Bertz CT molecular complexity index is 431. The molecule has 0 spiro atoms. The van der Waals surface area contributed by atoms with Gasteiger partial charge in [-0.3, -0.25) is 9.55 Å². The predicted molar refractivity (Wildman–Crippen MR) is 51.3 cm³/mol. The molecule has 0 aromatic carbocycles. The topological polar surface area (TPSA) is 90.7 Å². The molecule has 0 fully saturated rings. The van der Waals surface area contributed by atoms with Crippen molar-refractivity contribution in [1.82, 2.24) is 4.98 Å². The molecule has 0 amide bonds. The van der Waals surface area contributed by atoms with Gasteiger partial charge < -0.3 is 14.9 Å². The third kappa shape index (κ3) is 2.34. The minimum absolute atomic E-state index is 0.0957. The highest BCUT2D eigenvalue weighted by Crippen LogP contribution is 2.53. The highest BCUT2D eigenvalue weighted by atomic mass is 31.2. The highest BCUT2D eigenvalue weighted by molar-refractivity contribution is 7.51. The predicted octanol–water partition coefficient (Wildman–Crippen LogP) is 1.55. The second-order valence-corrected chi connectivity index (χ2v) is 4.83. The molecule has 7 heteroatoms. The molecular formula is C8H11FNO4P. The summed E-state index contributed by atoms with van der Waals surface area (Å²) in [6, 6.07) is 0. The Morgan fingerprint density at radius 2 is 2.00 bits per heavy atom. The molecular weight excluding hydrogens is 224 g/mol. The van der Waals surface area contributed by atoms with Crippen molar-refractivity contribution in [3.8, 4) is 5.75 Å². The maximum atomic E-state index is 13.3. The Balaban J connectivity index is 3.29. The van der Waals surface area contributed by atoms with E-state index in [0.29, 0.717) is 0 Å². The van der Waals surface area contributed by atoms with E-state index >= 15 is 0 Å². The maximum Gasteiger partial charge on any atom is 0.364 e. The quantitative estimate of drug-likeness (QED) is 0.676. The van der Waals surface area contributed by atoms with Crippen molar-refractivity contribution in [1.29, 1.82) is 0 Å². The molecule has 0 radical (unpaired) electrons. The van der Waals surface area contributed by atoms with Crippen LogP contribution in [0.3, 0.4) is 0 Å². The van der Waals surface area contributed by atoms with E-state index < -0.39 is 13.5 Å². The van der Waals surface area contributed by atoms with Gasteiger partial charge in [0, 0.05) is 17.3 Å². The molecule has 0 bridgehead atoms. The summed E-state index contributed by atoms with van der Waals surface area (Å²) >= 11 is 0. The molecule has 15 heavy (non-hydrogen) atoms. The summed E-state index contributed by atoms with van der Waals surface area (Å²) in [6.45, 7) is 2.89. The van der Waals surface area contributed by atoms with Crippen LogP contribution in [0.5, 0.6) is 5.75 Å². The van der Waals surface area contributed by atoms with Crippen LogP contribution in [0, 0.1) is 13.8 Å². The molecule has 84 valence electrons. The average Bonchev–Trinajstić information content (AvgIpc) is 2.12. The van der Waals surface area contributed by atoms with Gasteiger partial charge in [-0.1, -0.05) is 0 Å². The van der Waals surface area contributed by atoms with E-state index in [-0.39, 0.29) is 22.6 Å². The van der Waals surface area contributed by atoms with E-state index in [9.17, 15) is 14.1 Å². The van der Waals surface area contributed by atoms with E-state index in [4.69, 9.17) is 9.79 Å². The SMILES string of the molecule is Cc1ncc(C(F)P(=O)(O)O)c(C)c1O. The van der Waals surface area contributed by atoms with Gasteiger partial charge in [-0.25, -0.2) is 4.39 Å². The van der Waals surface area contributed by atoms with Crippen LogP contribution in [0.25, 0.3) is 0 Å². The molecule has 1 rings (SSSR count). The first-order valence-corrected chi connectivity index (χ1v) is 5.77. The van der Waals surface area contributed by atoms with Crippen LogP contribution in [0.1, 0.15) is 22.7 Å². The monoisotopic (exact) mass is 235 g/mol. The second kappa shape index (κ2) is 3.89. The van der Waals surface area contributed by atoms with Gasteiger partial charge in [-0.15, -0.1) is 0 Å². The molecule has 1 aromatic rings. The van der Waals surface area contributed by atoms with Crippen molar-refractivity contribution >= 4 is 7.60 Å². The lowest BCUT2D eigenvalue weighted by molar-refractivity contribution is 0.302. The molecule has 0 saturated heterocycles. The third-order valence-corrected chi connectivity index (χ3v) is 2.95. The number of nitrogens with zero attached hydrogens (tertiary/aromatic N) is 1. The summed E-state index contributed by atoms with van der Waals surface area (Å²) in [7, 11) is -4.86. The fourth-order valence-electron chi connectivity index (χ4n) is 1.15. The summed E-state index contributed by atoms with van der Waals surface area (Å²) in [5, 5.41) is 9.42. The number of aryl methyl sites for hydroxylation is 1. The summed E-state index contributed by atoms with van der Waals surface area (Å²) in [5.41, 5.74) is 0.0962. The number of aromatic hydroxyl groups is 1. The molecule has 3 N–H and O–H groups in total. The molecule has 0 saturated carbocycles. The molecule has 0 aliphatic carbocycles. The summed E-state index contributed by atoms with van der Waals surface area (Å²) in [6.07, 6.45) is 1.02. The fourth-order valence-corrected chi connectivity index (χ4v) is 1.78. The van der Waals surface area contributed by atoms with E-state index in [0.717, 1.165) is 6.20 Å². The van der Waals surface area contributed by atoms with Crippen LogP contribution < -0.4 is 0 Å². The molecule has 1 atom stereocenters. The average molecular weight is 235 g/mol. The third-order valence-electron chi connectivity index (χ3n) is 2.08. The van der Waals surface area contributed by atoms with Gasteiger partial charge in [-0.2, -0.15) is 0 Å². The fraction of sp³-hybridized carbons (Fsp3) is 0.375. The van der Waals surface area contributed by atoms with Crippen LogP contribution in [-0.2, 0) is 4.57 Å². The summed E-state index contributed by atoms with van der Waals surface area (Å²) in [4.78, 5) is 20.9. The molecule has 1 aromatic heterocycles. The Morgan fingerprint density at radius 1 is 1.47 bits per heavy atom. The Hall–Kier alpha value is -0.970. The van der Waals surface area contributed by atoms with Crippen molar-refractivity contribution in [3.63, 3.8) is 0 Å². The lowest BCUT2D eigenvalue weighted by Gasteiger charge is -2.14. The number of rotatable bonds is 2. The van der Waals surface area contributed by atoms with Crippen molar-refractivity contribution in [2.75, 3.05) is 0 Å². The zero-order valence-electron chi connectivity index (χ0n) is 8.18. The standard InChI is InChI=1S/C8H11FNO4P/c1-4-6(8(9)15(12,13)14)3-10-5(2)7(4)11/h3,8,11H,1-2H3,(H2,12,13,14). The first-order chi connectivity index (χ1) is 6.75. The van der Waals surface area contributed by atoms with Gasteiger partial charge >= 0.3 is 7.60 Å². The van der Waals surface area contributed by atoms with E-state index in [1.165, 1.54) is 13.8 Å². The Morgan fingerprint density at radius 3 is 2.47 bits per heavy atom. The Labute approximate surface area is 85.8 Å². The van der Waals surface area contributed by atoms with Crippen molar-refractivity contribution in [3.05, 3.63) is 23.0 Å². The maximum absolute atomic E-state index is 13.3. The van der Waals surface area contributed by atoms with Crippen molar-refractivity contribution in [2.45, 2.75) is 19.8 Å². The summed E-state index contributed by atoms with van der Waals surface area (Å²) < 4.78 is 24.0. The lowest BCUT2D eigenvalue weighted by atomic mass is 10.1. The molecule has 0 aliphatic heterocycles. The number of pyridine rings is 1. The minimum atomic E-state index is -4.86. The van der Waals surface area contributed by atoms with Crippen LogP contribution >= 0.6 is 7.60 Å². The zero-order valence-corrected chi connectivity index (χ0v) is 9.07. The number of alkyl halides is 1. The van der Waals surface area contributed by atoms with Crippen molar-refractivity contribution < 1.29 is 23.8 Å². The second-order valence-electron chi connectivity index (χ2n) is 3.20. The minimum Gasteiger partial charge on any atom is -0.506 e. The van der Waals surface area contributed by atoms with Crippen LogP contribution in [0.4, 0.5) is 4.39 Å². The smallest absolute Gasteiger partial charge is 0.364 e. The van der Waals surface area contributed by atoms with Crippen LogP contribution in [0.2, 0.25) is 0 Å². The van der Waals surface area contributed by atoms with Gasteiger partial charge in [0.05, 0.1) is 5.69 Å². The summed E-state index contributed by atoms with van der Waals surface area (Å²) in [5.74, 6) is -2.69. The van der Waals surface area contributed by atoms with Crippen LogP contribution in [-0.4, -0.2) is 19.9 Å². The van der Waals surface area contributed by atoms with E-state index in [1.54, 1.807) is 0 Å². The number of halogens is 1. The number of aromatic nitrogens is 1.